The van der Waals surface area contributed by atoms with Gasteiger partial charge in [0, 0.05) is 14.3 Å². The van der Waals surface area contributed by atoms with Crippen LogP contribution in [0.15, 0.2) is 27.1 Å². The lowest BCUT2D eigenvalue weighted by Crippen LogP contribution is -2.12. The van der Waals surface area contributed by atoms with Gasteiger partial charge in [-0.25, -0.2) is 4.98 Å². The van der Waals surface area contributed by atoms with Gasteiger partial charge in [0.15, 0.2) is 0 Å². The summed E-state index contributed by atoms with van der Waals surface area (Å²) in [5.41, 5.74) is 1.95. The third-order valence-electron chi connectivity index (χ3n) is 2.60. The monoisotopic (exact) mass is 375 g/mol. The summed E-state index contributed by atoms with van der Waals surface area (Å²) in [4.78, 5) is 4.48. The maximum atomic E-state index is 6.26. The molecule has 1 aromatic heterocycles. The summed E-state index contributed by atoms with van der Waals surface area (Å²) in [5, 5.41) is 1.66. The van der Waals surface area contributed by atoms with Crippen LogP contribution in [0, 0.1) is 0 Å². The summed E-state index contributed by atoms with van der Waals surface area (Å²) < 4.78 is 1.98. The molecule has 0 amide bonds. The van der Waals surface area contributed by atoms with Crippen LogP contribution in [0.4, 0.5) is 0 Å². The Labute approximate surface area is 123 Å². The van der Waals surface area contributed by atoms with Crippen molar-refractivity contribution in [3.63, 3.8) is 0 Å². The lowest BCUT2D eigenvalue weighted by molar-refractivity contribution is 0.589. The van der Waals surface area contributed by atoms with Crippen molar-refractivity contribution in [2.45, 2.75) is 26.2 Å². The van der Waals surface area contributed by atoms with Crippen molar-refractivity contribution in [3.8, 4) is 0 Å². The van der Waals surface area contributed by atoms with Crippen LogP contribution < -0.4 is 0 Å². The number of benzene rings is 1. The van der Waals surface area contributed by atoms with Crippen molar-refractivity contribution in [2.24, 2.45) is 0 Å². The molecule has 0 saturated heterocycles. The first-order chi connectivity index (χ1) is 7.79. The van der Waals surface area contributed by atoms with Crippen molar-refractivity contribution in [3.05, 3.63) is 37.9 Å². The number of fused-ring (bicyclic) bond motifs is 1. The topological polar surface area (TPSA) is 12.9 Å². The largest absolute Gasteiger partial charge is 0.235 e. The zero-order chi connectivity index (χ0) is 12.8. The Balaban J connectivity index is 2.81. The van der Waals surface area contributed by atoms with E-state index in [2.05, 4.69) is 69.7 Å². The van der Waals surface area contributed by atoms with Gasteiger partial charge in [-0.2, -0.15) is 0 Å². The average Bonchev–Trinajstić information content (AvgIpc) is 2.16. The van der Waals surface area contributed by atoms with E-state index in [4.69, 9.17) is 11.6 Å². The molecule has 90 valence electrons. The highest BCUT2D eigenvalue weighted by Gasteiger charge is 2.19. The van der Waals surface area contributed by atoms with E-state index in [-0.39, 0.29) is 5.41 Å². The Bertz CT molecular complexity index is 588. The molecule has 0 bridgehead atoms. The first kappa shape index (κ1) is 13.3. The molecule has 2 aromatic rings. The predicted molar refractivity (Wildman–Crippen MR) is 80.9 cm³/mol. The predicted octanol–water partition coefficient (Wildman–Crippen LogP) is 5.71. The zero-order valence-electron chi connectivity index (χ0n) is 9.81. The third-order valence-corrected chi connectivity index (χ3v) is 3.95. The van der Waals surface area contributed by atoms with Gasteiger partial charge < -0.3 is 0 Å². The number of nitrogens with zero attached hydrogens (tertiary/aromatic N) is 1. The molecule has 0 fully saturated rings. The smallest absolute Gasteiger partial charge is 0.133 e. The molecule has 1 nitrogen and oxygen atoms in total. The molecule has 0 aliphatic rings. The van der Waals surface area contributed by atoms with E-state index >= 15 is 0 Å². The van der Waals surface area contributed by atoms with Gasteiger partial charge in [0.25, 0.3) is 0 Å². The standard InChI is InChI=1S/C13H12Br2ClN/c1-13(2,3)9-5-7-4-8(14)6-10(15)11(7)17-12(9)16/h4-6H,1-3H3. The second-order valence-corrected chi connectivity index (χ2v) is 7.16. The highest BCUT2D eigenvalue weighted by Crippen LogP contribution is 2.34. The number of halogens is 3. The zero-order valence-corrected chi connectivity index (χ0v) is 13.7. The van der Waals surface area contributed by atoms with Crippen molar-refractivity contribution in [1.29, 1.82) is 0 Å². The molecule has 1 heterocycles. The van der Waals surface area contributed by atoms with E-state index in [9.17, 15) is 0 Å². The van der Waals surface area contributed by atoms with Crippen LogP contribution in [-0.4, -0.2) is 4.98 Å². The van der Waals surface area contributed by atoms with E-state index in [0.29, 0.717) is 5.15 Å². The van der Waals surface area contributed by atoms with Gasteiger partial charge in [0.1, 0.15) is 5.15 Å². The normalized spacial score (nSPS) is 12.1. The Morgan fingerprint density at radius 2 is 1.76 bits per heavy atom. The molecule has 0 spiro atoms. The van der Waals surface area contributed by atoms with Gasteiger partial charge in [-0.15, -0.1) is 0 Å². The van der Waals surface area contributed by atoms with Crippen molar-refractivity contribution >= 4 is 54.4 Å². The van der Waals surface area contributed by atoms with Gasteiger partial charge in [-0.05, 0) is 45.1 Å². The summed E-state index contributed by atoms with van der Waals surface area (Å²) >= 11 is 13.2. The van der Waals surface area contributed by atoms with Crippen LogP contribution in [0.3, 0.4) is 0 Å². The maximum Gasteiger partial charge on any atom is 0.133 e. The van der Waals surface area contributed by atoms with Gasteiger partial charge >= 0.3 is 0 Å². The molecule has 0 atom stereocenters. The van der Waals surface area contributed by atoms with Gasteiger partial charge in [-0.1, -0.05) is 48.3 Å². The molecular formula is C13H12Br2ClN. The fraction of sp³-hybridized carbons (Fsp3) is 0.308. The summed E-state index contributed by atoms with van der Waals surface area (Å²) in [5.74, 6) is 0. The molecule has 17 heavy (non-hydrogen) atoms. The molecular weight excluding hydrogens is 365 g/mol. The minimum Gasteiger partial charge on any atom is -0.235 e. The fourth-order valence-electron chi connectivity index (χ4n) is 1.71. The van der Waals surface area contributed by atoms with E-state index in [1.165, 1.54) is 0 Å². The number of aromatic nitrogens is 1. The SMILES string of the molecule is CC(C)(C)c1cc2cc(Br)cc(Br)c2nc1Cl. The Hall–Kier alpha value is -0.120. The van der Waals surface area contributed by atoms with Crippen molar-refractivity contribution in [1.82, 2.24) is 4.98 Å². The van der Waals surface area contributed by atoms with Crippen LogP contribution in [-0.2, 0) is 5.41 Å². The molecule has 0 saturated carbocycles. The first-order valence-corrected chi connectivity index (χ1v) is 7.21. The molecule has 0 unspecified atom stereocenters. The summed E-state index contributed by atoms with van der Waals surface area (Å²) in [6.07, 6.45) is 0. The van der Waals surface area contributed by atoms with E-state index < -0.39 is 0 Å². The number of hydrogen-bond acceptors (Lipinski definition) is 1. The van der Waals surface area contributed by atoms with Crippen LogP contribution in [0.25, 0.3) is 10.9 Å². The van der Waals surface area contributed by atoms with Crippen LogP contribution >= 0.6 is 43.5 Å². The second kappa shape index (κ2) is 4.52. The van der Waals surface area contributed by atoms with Gasteiger partial charge in [0.2, 0.25) is 0 Å². The summed E-state index contributed by atoms with van der Waals surface area (Å²) in [7, 11) is 0. The Morgan fingerprint density at radius 1 is 1.12 bits per heavy atom. The maximum absolute atomic E-state index is 6.26. The van der Waals surface area contributed by atoms with E-state index in [1.54, 1.807) is 0 Å². The lowest BCUT2D eigenvalue weighted by atomic mass is 9.87. The molecule has 0 aliphatic heterocycles. The highest BCUT2D eigenvalue weighted by atomic mass is 79.9. The molecule has 4 heteroatoms. The van der Waals surface area contributed by atoms with E-state index in [0.717, 1.165) is 25.4 Å². The molecule has 0 radical (unpaired) electrons. The first-order valence-electron chi connectivity index (χ1n) is 5.25. The van der Waals surface area contributed by atoms with Crippen LogP contribution in [0.5, 0.6) is 0 Å². The van der Waals surface area contributed by atoms with E-state index in [1.807, 2.05) is 6.07 Å². The van der Waals surface area contributed by atoms with Crippen molar-refractivity contribution in [2.75, 3.05) is 0 Å². The minimum absolute atomic E-state index is 0.00688. The summed E-state index contributed by atoms with van der Waals surface area (Å²) in [6.45, 7) is 6.40. The lowest BCUT2D eigenvalue weighted by Gasteiger charge is -2.20. The Morgan fingerprint density at radius 3 is 2.35 bits per heavy atom. The number of hydrogen-bond donors (Lipinski definition) is 0. The average molecular weight is 378 g/mol. The quantitative estimate of drug-likeness (QED) is 0.536. The molecule has 0 aliphatic carbocycles. The van der Waals surface area contributed by atoms with Gasteiger partial charge in [-0.3, -0.25) is 0 Å². The molecule has 1 aromatic carbocycles. The Kier molecular flexibility index (Phi) is 3.54. The second-order valence-electron chi connectivity index (χ2n) is 5.04. The van der Waals surface area contributed by atoms with Crippen LogP contribution in [0.2, 0.25) is 5.15 Å². The molecule has 2 rings (SSSR count). The third kappa shape index (κ3) is 2.67. The number of pyridine rings is 1. The highest BCUT2D eigenvalue weighted by molar-refractivity contribution is 9.11. The fourth-order valence-corrected chi connectivity index (χ4v) is 3.48. The van der Waals surface area contributed by atoms with Crippen molar-refractivity contribution < 1.29 is 0 Å². The summed E-state index contributed by atoms with van der Waals surface area (Å²) in [6, 6.07) is 6.14. The molecule has 0 N–H and O–H groups in total. The van der Waals surface area contributed by atoms with Crippen LogP contribution in [0.1, 0.15) is 26.3 Å². The number of rotatable bonds is 0. The van der Waals surface area contributed by atoms with Gasteiger partial charge in [0.05, 0.1) is 5.52 Å². The minimum atomic E-state index is -0.00688.